The minimum absolute atomic E-state index is 0.131. The van der Waals surface area contributed by atoms with E-state index < -0.39 is 5.60 Å². The van der Waals surface area contributed by atoms with Gasteiger partial charge in [-0.15, -0.1) is 0 Å². The summed E-state index contributed by atoms with van der Waals surface area (Å²) in [6.07, 6.45) is 3.06. The van der Waals surface area contributed by atoms with Crippen molar-refractivity contribution in [3.63, 3.8) is 0 Å². The summed E-state index contributed by atoms with van der Waals surface area (Å²) >= 11 is 0. The highest BCUT2D eigenvalue weighted by Crippen LogP contribution is 2.51. The van der Waals surface area contributed by atoms with Gasteiger partial charge >= 0.3 is 6.09 Å². The van der Waals surface area contributed by atoms with Crippen LogP contribution in [0.1, 0.15) is 39.2 Å². The molecule has 1 aliphatic carbocycles. The lowest BCUT2D eigenvalue weighted by molar-refractivity contribution is 0.0216. The van der Waals surface area contributed by atoms with Crippen molar-refractivity contribution < 1.29 is 19.0 Å². The number of nitrogens with one attached hydrogen (secondary N) is 1. The van der Waals surface area contributed by atoms with E-state index in [1.54, 1.807) is 20.4 Å². The van der Waals surface area contributed by atoms with E-state index in [0.29, 0.717) is 17.1 Å². The highest BCUT2D eigenvalue weighted by molar-refractivity contribution is 5.97. The number of alkyl carbamates (subject to hydrolysis) is 1. The molecule has 4 rings (SSSR count). The molecule has 1 N–H and O–H groups in total. The number of amides is 1. The number of hydrogen-bond donors (Lipinski definition) is 1. The molecule has 1 saturated heterocycles. The van der Waals surface area contributed by atoms with Crippen LogP contribution in [0.25, 0.3) is 10.9 Å². The molecule has 164 valence electrons. The van der Waals surface area contributed by atoms with E-state index in [1.165, 1.54) is 0 Å². The summed E-state index contributed by atoms with van der Waals surface area (Å²) in [7, 11) is 3.18. The van der Waals surface area contributed by atoms with Crippen molar-refractivity contribution in [2.45, 2.75) is 45.3 Å². The molecule has 1 amide bonds. The zero-order valence-corrected chi connectivity index (χ0v) is 18.6. The zero-order valence-electron chi connectivity index (χ0n) is 18.6. The smallest absolute Gasteiger partial charge is 0.407 e. The van der Waals surface area contributed by atoms with Crippen LogP contribution in [0.2, 0.25) is 0 Å². The van der Waals surface area contributed by atoms with Crippen molar-refractivity contribution in [3.8, 4) is 17.6 Å². The van der Waals surface area contributed by atoms with E-state index in [-0.39, 0.29) is 17.6 Å². The van der Waals surface area contributed by atoms with Crippen molar-refractivity contribution in [2.75, 3.05) is 32.2 Å². The van der Waals surface area contributed by atoms with Crippen LogP contribution < -0.4 is 19.7 Å². The van der Waals surface area contributed by atoms with Gasteiger partial charge in [0.05, 0.1) is 31.0 Å². The van der Waals surface area contributed by atoms with E-state index in [9.17, 15) is 10.1 Å². The monoisotopic (exact) mass is 424 g/mol. The number of hydrogen-bond acceptors (Lipinski definition) is 7. The predicted octanol–water partition coefficient (Wildman–Crippen LogP) is 3.62. The fourth-order valence-electron chi connectivity index (χ4n) is 4.67. The fourth-order valence-corrected chi connectivity index (χ4v) is 4.67. The third-order valence-electron chi connectivity index (χ3n) is 5.91. The lowest BCUT2D eigenvalue weighted by Gasteiger charge is -2.60. The highest BCUT2D eigenvalue weighted by atomic mass is 16.6. The summed E-state index contributed by atoms with van der Waals surface area (Å²) in [6.45, 7) is 7.24. The summed E-state index contributed by atoms with van der Waals surface area (Å²) in [4.78, 5) is 18.7. The number of nitrogens with zero attached hydrogens (tertiary/aromatic N) is 3. The van der Waals surface area contributed by atoms with Crippen LogP contribution in [0.5, 0.6) is 11.5 Å². The summed E-state index contributed by atoms with van der Waals surface area (Å²) in [5.41, 5.74) is 1.84. The van der Waals surface area contributed by atoms with E-state index >= 15 is 0 Å². The molecule has 0 bridgehead atoms. The van der Waals surface area contributed by atoms with E-state index in [1.807, 2.05) is 32.9 Å². The van der Waals surface area contributed by atoms with Gasteiger partial charge in [-0.3, -0.25) is 4.98 Å². The van der Waals surface area contributed by atoms with E-state index in [0.717, 1.165) is 42.5 Å². The number of benzene rings is 1. The van der Waals surface area contributed by atoms with Crippen molar-refractivity contribution in [1.82, 2.24) is 10.3 Å². The molecule has 1 saturated carbocycles. The van der Waals surface area contributed by atoms with Gasteiger partial charge in [0.25, 0.3) is 0 Å². The van der Waals surface area contributed by atoms with Gasteiger partial charge in [0, 0.05) is 42.2 Å². The van der Waals surface area contributed by atoms with Gasteiger partial charge in [-0.1, -0.05) is 0 Å². The topological polar surface area (TPSA) is 96.7 Å². The summed E-state index contributed by atoms with van der Waals surface area (Å²) in [5, 5.41) is 13.5. The quantitative estimate of drug-likeness (QED) is 0.801. The minimum Gasteiger partial charge on any atom is -0.493 e. The maximum atomic E-state index is 12.0. The number of aromatic nitrogens is 1. The average Bonchev–Trinajstić information content (AvgIpc) is 2.65. The van der Waals surface area contributed by atoms with Gasteiger partial charge in [-0.25, -0.2) is 4.79 Å². The van der Waals surface area contributed by atoms with Gasteiger partial charge in [-0.05, 0) is 39.7 Å². The molecule has 2 aromatic rings. The first-order valence-corrected chi connectivity index (χ1v) is 10.4. The van der Waals surface area contributed by atoms with Crippen molar-refractivity contribution in [2.24, 2.45) is 5.41 Å². The molecule has 31 heavy (non-hydrogen) atoms. The molecular formula is C23H28N4O4. The molecule has 2 fully saturated rings. The zero-order chi connectivity index (χ0) is 22.4. The largest absolute Gasteiger partial charge is 0.493 e. The number of nitriles is 1. The SMILES string of the molecule is COc1cc2ncc(C#N)c(N3CC4(CC(NC(=O)OC(C)(C)C)C4)C3)c2cc1OC. The van der Waals surface area contributed by atoms with Crippen molar-refractivity contribution in [3.05, 3.63) is 23.9 Å². The second-order valence-corrected chi connectivity index (χ2v) is 9.46. The van der Waals surface area contributed by atoms with Crippen LogP contribution >= 0.6 is 0 Å². The van der Waals surface area contributed by atoms with Crippen LogP contribution in [-0.2, 0) is 4.74 Å². The molecule has 0 atom stereocenters. The number of pyridine rings is 1. The average molecular weight is 425 g/mol. The summed E-state index contributed by atoms with van der Waals surface area (Å²) in [5.74, 6) is 1.21. The standard InChI is InChI=1S/C23H28N4O4/c1-22(2,3)31-21(28)26-15-8-23(9-15)12-27(13-23)20-14(10-24)11-25-17-7-19(30-5)18(29-4)6-16(17)20/h6-7,11,15H,8-9,12-13H2,1-5H3,(H,26,28). The highest BCUT2D eigenvalue weighted by Gasteiger charge is 2.53. The minimum atomic E-state index is -0.501. The Hall–Kier alpha value is -3.21. The normalized spacial score (nSPS) is 17.5. The predicted molar refractivity (Wildman–Crippen MR) is 117 cm³/mol. The fraction of sp³-hybridized carbons (Fsp3) is 0.522. The second-order valence-electron chi connectivity index (χ2n) is 9.46. The first-order valence-electron chi connectivity index (χ1n) is 10.4. The Morgan fingerprint density at radius 3 is 2.45 bits per heavy atom. The molecule has 8 nitrogen and oxygen atoms in total. The molecule has 8 heteroatoms. The van der Waals surface area contributed by atoms with Crippen LogP contribution in [0, 0.1) is 16.7 Å². The molecule has 1 aromatic heterocycles. The first-order chi connectivity index (χ1) is 14.7. The lowest BCUT2D eigenvalue weighted by atomic mass is 9.60. The molecular weight excluding hydrogens is 396 g/mol. The Balaban J connectivity index is 1.49. The number of methoxy groups -OCH3 is 2. The van der Waals surface area contributed by atoms with Gasteiger partial charge < -0.3 is 24.4 Å². The van der Waals surface area contributed by atoms with Gasteiger partial charge in [-0.2, -0.15) is 5.26 Å². The molecule has 1 aliphatic heterocycles. The molecule has 1 aromatic carbocycles. The Morgan fingerprint density at radius 2 is 1.87 bits per heavy atom. The molecule has 2 heterocycles. The number of carbonyl (C=O) groups is 1. The van der Waals surface area contributed by atoms with Crippen molar-refractivity contribution >= 4 is 22.7 Å². The molecule has 0 radical (unpaired) electrons. The Labute approximate surface area is 182 Å². The second kappa shape index (κ2) is 7.49. The third-order valence-corrected chi connectivity index (χ3v) is 5.91. The molecule has 0 unspecified atom stereocenters. The number of carbonyl (C=O) groups excluding carboxylic acids is 1. The summed E-state index contributed by atoms with van der Waals surface area (Å²) in [6, 6.07) is 6.12. The summed E-state index contributed by atoms with van der Waals surface area (Å²) < 4.78 is 16.2. The number of ether oxygens (including phenoxy) is 3. The van der Waals surface area contributed by atoms with Crippen LogP contribution in [0.4, 0.5) is 10.5 Å². The Bertz CT molecular complexity index is 1060. The number of rotatable bonds is 4. The molecule has 2 aliphatic rings. The third kappa shape index (κ3) is 3.92. The lowest BCUT2D eigenvalue weighted by Crippen LogP contribution is -2.67. The maximum Gasteiger partial charge on any atom is 0.407 e. The van der Waals surface area contributed by atoms with E-state index in [4.69, 9.17) is 14.2 Å². The Kier molecular flexibility index (Phi) is 5.08. The van der Waals surface area contributed by atoms with Crippen LogP contribution in [-0.4, -0.2) is 50.0 Å². The van der Waals surface area contributed by atoms with Crippen LogP contribution in [0.3, 0.4) is 0 Å². The van der Waals surface area contributed by atoms with E-state index in [2.05, 4.69) is 21.3 Å². The first kappa shape index (κ1) is 21.0. The molecule has 1 spiro atoms. The van der Waals surface area contributed by atoms with Gasteiger partial charge in [0.15, 0.2) is 11.5 Å². The number of anilines is 1. The van der Waals surface area contributed by atoms with Gasteiger partial charge in [0.2, 0.25) is 0 Å². The van der Waals surface area contributed by atoms with Crippen molar-refractivity contribution in [1.29, 1.82) is 5.26 Å². The maximum absolute atomic E-state index is 12.0. The number of fused-ring (bicyclic) bond motifs is 1. The van der Waals surface area contributed by atoms with Crippen LogP contribution in [0.15, 0.2) is 18.3 Å². The Morgan fingerprint density at radius 1 is 1.23 bits per heavy atom. The van der Waals surface area contributed by atoms with Gasteiger partial charge in [0.1, 0.15) is 11.7 Å².